The minimum absolute atomic E-state index is 0.154. The minimum atomic E-state index is -4.15. The van der Waals surface area contributed by atoms with Gasteiger partial charge in [-0.05, 0) is 0 Å². The highest BCUT2D eigenvalue weighted by Gasteiger charge is 2.47. The van der Waals surface area contributed by atoms with Crippen molar-refractivity contribution in [2.24, 2.45) is 0 Å². The Balaban J connectivity index is 1.90. The number of aliphatic hydroxyl groups excluding tert-OH is 1. The third-order valence-corrected chi connectivity index (χ3v) is 2.85. The lowest BCUT2D eigenvalue weighted by atomic mass is 10.1. The van der Waals surface area contributed by atoms with E-state index in [2.05, 4.69) is 0 Å². The number of rotatable bonds is 3. The van der Waals surface area contributed by atoms with Crippen LogP contribution in [0.25, 0.3) is 0 Å². The number of hydrogen-bond acceptors (Lipinski definition) is 6. The molecule has 0 saturated carbocycles. The summed E-state index contributed by atoms with van der Waals surface area (Å²) < 4.78 is 44.7. The summed E-state index contributed by atoms with van der Waals surface area (Å²) in [5.74, 6) is -0.788. The van der Waals surface area contributed by atoms with Gasteiger partial charge < -0.3 is 19.3 Å². The summed E-state index contributed by atoms with van der Waals surface area (Å²) in [5, 5.41) is 9.37. The van der Waals surface area contributed by atoms with Crippen molar-refractivity contribution in [3.63, 3.8) is 0 Å². The molecule has 0 amide bonds. The first kappa shape index (κ1) is 11.2. The maximum Gasteiger partial charge on any atom is 0.289 e. The SMILES string of the molecule is O=S(=O)(O)CO[C@@H]1CO[C@H]2[C@H]1OC[C@H]2O. The van der Waals surface area contributed by atoms with Crippen molar-refractivity contribution in [3.8, 4) is 0 Å². The molecule has 8 heteroatoms. The molecule has 4 atom stereocenters. The van der Waals surface area contributed by atoms with Crippen molar-refractivity contribution in [1.29, 1.82) is 0 Å². The fourth-order valence-electron chi connectivity index (χ4n) is 1.76. The number of aliphatic hydroxyl groups is 1. The lowest BCUT2D eigenvalue weighted by Gasteiger charge is -2.15. The summed E-state index contributed by atoms with van der Waals surface area (Å²) in [7, 11) is -4.15. The van der Waals surface area contributed by atoms with Crippen molar-refractivity contribution in [2.75, 3.05) is 19.2 Å². The second kappa shape index (κ2) is 3.96. The van der Waals surface area contributed by atoms with E-state index in [9.17, 15) is 13.5 Å². The van der Waals surface area contributed by atoms with E-state index in [1.807, 2.05) is 0 Å². The number of fused-ring (bicyclic) bond motifs is 1. The highest BCUT2D eigenvalue weighted by atomic mass is 32.2. The van der Waals surface area contributed by atoms with E-state index in [0.717, 1.165) is 0 Å². The van der Waals surface area contributed by atoms with Crippen LogP contribution in [0.15, 0.2) is 0 Å². The third-order valence-electron chi connectivity index (χ3n) is 2.41. The van der Waals surface area contributed by atoms with Gasteiger partial charge >= 0.3 is 0 Å². The maximum atomic E-state index is 10.4. The van der Waals surface area contributed by atoms with Crippen LogP contribution in [0.3, 0.4) is 0 Å². The van der Waals surface area contributed by atoms with E-state index < -0.39 is 40.5 Å². The molecule has 0 aromatic carbocycles. The Morgan fingerprint density at radius 2 is 1.93 bits per heavy atom. The molecule has 0 spiro atoms. The van der Waals surface area contributed by atoms with Gasteiger partial charge in [-0.25, -0.2) is 0 Å². The zero-order valence-electron chi connectivity index (χ0n) is 7.77. The molecule has 2 heterocycles. The van der Waals surface area contributed by atoms with Gasteiger partial charge in [0.15, 0.2) is 5.94 Å². The van der Waals surface area contributed by atoms with E-state index in [1.54, 1.807) is 0 Å². The van der Waals surface area contributed by atoms with Crippen LogP contribution in [0.5, 0.6) is 0 Å². The molecule has 2 aliphatic rings. The molecule has 0 aliphatic carbocycles. The second-order valence-electron chi connectivity index (χ2n) is 3.57. The monoisotopic (exact) mass is 240 g/mol. The van der Waals surface area contributed by atoms with Crippen LogP contribution in [0.2, 0.25) is 0 Å². The Bertz CT molecular complexity index is 326. The van der Waals surface area contributed by atoms with Crippen LogP contribution >= 0.6 is 0 Å². The third kappa shape index (κ3) is 2.47. The predicted molar refractivity (Wildman–Crippen MR) is 46.8 cm³/mol. The van der Waals surface area contributed by atoms with Crippen LogP contribution < -0.4 is 0 Å². The first-order valence-corrected chi connectivity index (χ1v) is 6.06. The smallest absolute Gasteiger partial charge is 0.289 e. The quantitative estimate of drug-likeness (QED) is 0.571. The summed E-state index contributed by atoms with van der Waals surface area (Å²) in [6.07, 6.45) is -2.18. The van der Waals surface area contributed by atoms with E-state index in [4.69, 9.17) is 18.8 Å². The van der Waals surface area contributed by atoms with Crippen molar-refractivity contribution in [2.45, 2.75) is 24.4 Å². The van der Waals surface area contributed by atoms with Gasteiger partial charge in [-0.3, -0.25) is 4.55 Å². The van der Waals surface area contributed by atoms with E-state index >= 15 is 0 Å². The molecule has 15 heavy (non-hydrogen) atoms. The number of hydrogen-bond donors (Lipinski definition) is 2. The van der Waals surface area contributed by atoms with Gasteiger partial charge in [0.2, 0.25) is 0 Å². The largest absolute Gasteiger partial charge is 0.388 e. The maximum absolute atomic E-state index is 10.4. The minimum Gasteiger partial charge on any atom is -0.388 e. The van der Waals surface area contributed by atoms with Crippen LogP contribution in [-0.2, 0) is 24.3 Å². The van der Waals surface area contributed by atoms with E-state index in [0.29, 0.717) is 0 Å². The van der Waals surface area contributed by atoms with Gasteiger partial charge in [-0.1, -0.05) is 0 Å². The van der Waals surface area contributed by atoms with Crippen molar-refractivity contribution in [1.82, 2.24) is 0 Å². The van der Waals surface area contributed by atoms with Crippen LogP contribution in [-0.4, -0.2) is 61.6 Å². The van der Waals surface area contributed by atoms with Crippen LogP contribution in [0.4, 0.5) is 0 Å². The van der Waals surface area contributed by atoms with Gasteiger partial charge in [-0.15, -0.1) is 0 Å². The van der Waals surface area contributed by atoms with Crippen molar-refractivity contribution < 1.29 is 32.3 Å². The first-order valence-electron chi connectivity index (χ1n) is 4.45. The van der Waals surface area contributed by atoms with E-state index in [-0.39, 0.29) is 13.2 Å². The normalized spacial score (nSPS) is 40.7. The highest BCUT2D eigenvalue weighted by molar-refractivity contribution is 7.85. The second-order valence-corrected chi connectivity index (χ2v) is 4.97. The standard InChI is InChI=1S/C7H12O7S/c8-4-1-12-7-5(2-13-6(4)7)14-3-15(9,10)11/h4-8H,1-3H2,(H,9,10,11)/t4-,5-,6-,7+/m1/s1. The fourth-order valence-corrected chi connectivity index (χ4v) is 2.11. The summed E-state index contributed by atoms with van der Waals surface area (Å²) in [4.78, 5) is 0. The summed E-state index contributed by atoms with van der Waals surface area (Å²) in [6.45, 7) is 0.309. The van der Waals surface area contributed by atoms with Crippen molar-refractivity contribution in [3.05, 3.63) is 0 Å². The van der Waals surface area contributed by atoms with Gasteiger partial charge in [0.05, 0.1) is 13.2 Å². The molecule has 0 aromatic heterocycles. The molecule has 0 aromatic rings. The Kier molecular flexibility index (Phi) is 2.97. The van der Waals surface area contributed by atoms with Gasteiger partial charge in [-0.2, -0.15) is 8.42 Å². The fraction of sp³-hybridized carbons (Fsp3) is 1.00. The van der Waals surface area contributed by atoms with Crippen LogP contribution in [0, 0.1) is 0 Å². The van der Waals surface area contributed by atoms with Gasteiger partial charge in [0.25, 0.3) is 10.1 Å². The molecule has 2 fully saturated rings. The lowest BCUT2D eigenvalue weighted by molar-refractivity contribution is -0.0239. The molecule has 0 radical (unpaired) electrons. The average molecular weight is 240 g/mol. The molecule has 2 saturated heterocycles. The number of ether oxygens (including phenoxy) is 3. The summed E-state index contributed by atoms with van der Waals surface area (Å²) in [5.41, 5.74) is 0. The van der Waals surface area contributed by atoms with Crippen LogP contribution in [0.1, 0.15) is 0 Å². The zero-order chi connectivity index (χ0) is 11.1. The highest BCUT2D eigenvalue weighted by Crippen LogP contribution is 2.28. The summed E-state index contributed by atoms with van der Waals surface area (Å²) in [6, 6.07) is 0. The summed E-state index contributed by atoms with van der Waals surface area (Å²) >= 11 is 0. The molecule has 7 nitrogen and oxygen atoms in total. The average Bonchev–Trinajstić information content (AvgIpc) is 2.65. The molecular weight excluding hydrogens is 228 g/mol. The van der Waals surface area contributed by atoms with Crippen molar-refractivity contribution >= 4 is 10.1 Å². The molecule has 2 N–H and O–H groups in total. The predicted octanol–water partition coefficient (Wildman–Crippen LogP) is -1.62. The van der Waals surface area contributed by atoms with E-state index in [1.165, 1.54) is 0 Å². The Morgan fingerprint density at radius 1 is 1.27 bits per heavy atom. The molecule has 0 unspecified atom stereocenters. The molecule has 88 valence electrons. The molecule has 2 rings (SSSR count). The molecule has 2 aliphatic heterocycles. The molecular formula is C7H12O7S. The molecule has 0 bridgehead atoms. The lowest BCUT2D eigenvalue weighted by Crippen LogP contribution is -2.33. The Hall–Kier alpha value is -0.250. The first-order chi connectivity index (χ1) is 6.97. The van der Waals surface area contributed by atoms with Gasteiger partial charge in [0, 0.05) is 0 Å². The zero-order valence-corrected chi connectivity index (χ0v) is 8.59. The Morgan fingerprint density at radius 3 is 2.60 bits per heavy atom. The van der Waals surface area contributed by atoms with Gasteiger partial charge in [0.1, 0.15) is 24.4 Å². The Labute approximate surface area is 86.7 Å². The topological polar surface area (TPSA) is 102 Å².